The third-order valence-electron chi connectivity index (χ3n) is 5.20. The number of aliphatic hydroxyl groups is 1. The van der Waals surface area contributed by atoms with Gasteiger partial charge in [-0.2, -0.15) is 0 Å². The van der Waals surface area contributed by atoms with Crippen molar-refractivity contribution < 1.29 is 19.6 Å². The minimum absolute atomic E-state index is 0.0275. The molecule has 0 aromatic carbocycles. The number of carbonyl (C=O) groups is 1. The molecular weight excluding hydrogens is 364 g/mol. The highest BCUT2D eigenvalue weighted by molar-refractivity contribution is 5.71. The monoisotopic (exact) mass is 392 g/mol. The number of aromatic nitrogens is 1. The number of anilines is 1. The molecule has 0 spiro atoms. The smallest absolute Gasteiger partial charge is 0.408 e. The van der Waals surface area contributed by atoms with Crippen molar-refractivity contribution in [2.45, 2.75) is 64.7 Å². The zero-order valence-corrected chi connectivity index (χ0v) is 16.8. The van der Waals surface area contributed by atoms with E-state index >= 15 is 0 Å². The molecule has 0 unspecified atom stereocenters. The molecule has 9 heteroatoms. The maximum atomic E-state index is 12.2. The number of aryl methyl sites for hydroxylation is 1. The number of aliphatic hydroxyl groups excluding tert-OH is 1. The summed E-state index contributed by atoms with van der Waals surface area (Å²) in [4.78, 5) is 29.6. The molecule has 3 rings (SSSR count). The van der Waals surface area contributed by atoms with Gasteiger partial charge in [0, 0.05) is 30.3 Å². The van der Waals surface area contributed by atoms with Crippen molar-refractivity contribution in [1.29, 1.82) is 0 Å². The summed E-state index contributed by atoms with van der Waals surface area (Å²) in [6, 6.07) is -0.594. The van der Waals surface area contributed by atoms with Crippen molar-refractivity contribution in [3.63, 3.8) is 0 Å². The molecule has 1 saturated heterocycles. The Balaban J connectivity index is 1.88. The van der Waals surface area contributed by atoms with E-state index in [0.29, 0.717) is 12.2 Å². The van der Waals surface area contributed by atoms with Gasteiger partial charge in [0.05, 0.1) is 17.1 Å². The zero-order valence-electron chi connectivity index (χ0n) is 16.8. The molecule has 1 aromatic rings. The predicted octanol–water partition coefficient (Wildman–Crippen LogP) is 2.19. The van der Waals surface area contributed by atoms with Crippen LogP contribution < -0.4 is 10.2 Å². The molecule has 0 bridgehead atoms. The molecular formula is C19H28N4O5. The molecule has 1 fully saturated rings. The van der Waals surface area contributed by atoms with E-state index < -0.39 is 28.8 Å². The number of rotatable bonds is 3. The van der Waals surface area contributed by atoms with E-state index in [2.05, 4.69) is 10.3 Å². The lowest BCUT2D eigenvalue weighted by Crippen LogP contribution is -2.59. The third kappa shape index (κ3) is 4.19. The van der Waals surface area contributed by atoms with E-state index in [9.17, 15) is 20.0 Å². The first-order valence-electron chi connectivity index (χ1n) is 9.64. The number of ether oxygens (including phenoxy) is 1. The molecule has 154 valence electrons. The molecule has 3 atom stereocenters. The number of nitrogens with one attached hydrogen (secondary N) is 1. The number of nitro groups is 1. The van der Waals surface area contributed by atoms with Gasteiger partial charge in [0.15, 0.2) is 0 Å². The highest BCUT2D eigenvalue weighted by atomic mass is 16.6. The van der Waals surface area contributed by atoms with Gasteiger partial charge in [-0.05, 0) is 40.0 Å². The second-order valence-corrected chi connectivity index (χ2v) is 8.65. The molecule has 1 amide bonds. The molecule has 0 radical (unpaired) electrons. The fourth-order valence-electron chi connectivity index (χ4n) is 4.01. The molecule has 0 saturated carbocycles. The van der Waals surface area contributed by atoms with Crippen molar-refractivity contribution >= 4 is 17.5 Å². The van der Waals surface area contributed by atoms with Crippen molar-refractivity contribution in [3.05, 3.63) is 27.6 Å². The van der Waals surface area contributed by atoms with Gasteiger partial charge in [0.1, 0.15) is 17.5 Å². The lowest BCUT2D eigenvalue weighted by molar-refractivity contribution is -0.384. The lowest BCUT2D eigenvalue weighted by Gasteiger charge is -2.41. The summed E-state index contributed by atoms with van der Waals surface area (Å²) in [5, 5.41) is 24.9. The first-order chi connectivity index (χ1) is 13.1. The van der Waals surface area contributed by atoms with Crippen LogP contribution >= 0.6 is 0 Å². The second kappa shape index (κ2) is 7.54. The highest BCUT2D eigenvalue weighted by Gasteiger charge is 2.39. The van der Waals surface area contributed by atoms with Crippen LogP contribution in [0.1, 0.15) is 45.4 Å². The van der Waals surface area contributed by atoms with Gasteiger partial charge in [-0.25, -0.2) is 4.79 Å². The number of piperidine rings is 1. The average Bonchev–Trinajstić information content (AvgIpc) is 3.04. The van der Waals surface area contributed by atoms with E-state index in [1.54, 1.807) is 20.8 Å². The number of nitrogens with zero attached hydrogens (tertiary/aromatic N) is 3. The van der Waals surface area contributed by atoms with Gasteiger partial charge in [-0.1, -0.05) is 6.92 Å². The number of hydrogen-bond donors (Lipinski definition) is 2. The van der Waals surface area contributed by atoms with Crippen LogP contribution in [0, 0.1) is 16.0 Å². The van der Waals surface area contributed by atoms with Crippen molar-refractivity contribution in [3.8, 4) is 0 Å². The molecule has 9 nitrogen and oxygen atoms in total. The largest absolute Gasteiger partial charge is 0.444 e. The van der Waals surface area contributed by atoms with Crippen LogP contribution in [0.25, 0.3) is 0 Å². The number of alkyl carbamates (subject to hydrolysis) is 1. The Hall–Kier alpha value is -2.42. The lowest BCUT2D eigenvalue weighted by atomic mass is 9.91. The van der Waals surface area contributed by atoms with Crippen LogP contribution in [0.5, 0.6) is 0 Å². The third-order valence-corrected chi connectivity index (χ3v) is 5.20. The summed E-state index contributed by atoms with van der Waals surface area (Å²) >= 11 is 0. The fourth-order valence-corrected chi connectivity index (χ4v) is 4.01. The van der Waals surface area contributed by atoms with Gasteiger partial charge in [0.25, 0.3) is 0 Å². The van der Waals surface area contributed by atoms with Crippen molar-refractivity contribution in [1.82, 2.24) is 10.3 Å². The topological polar surface area (TPSA) is 118 Å². The van der Waals surface area contributed by atoms with Crippen LogP contribution in [0.4, 0.5) is 16.2 Å². The zero-order chi connectivity index (χ0) is 20.6. The molecule has 2 heterocycles. The van der Waals surface area contributed by atoms with E-state index in [1.807, 2.05) is 11.8 Å². The first kappa shape index (κ1) is 20.3. The van der Waals surface area contributed by atoms with Gasteiger partial charge in [-0.3, -0.25) is 15.1 Å². The predicted molar refractivity (Wildman–Crippen MR) is 103 cm³/mol. The standard InChI is InChI=1S/C19H28N4O5/c1-11-9-22(10-14(17(11)24)21-18(25)28-19(2,3)4)16-12-6-5-7-13(12)20-8-15(16)23(26)27/h8,11,14,17,24H,5-7,9-10H2,1-4H3,(H,21,25)/t11-,14+,17+/m0/s1. The molecule has 2 aliphatic rings. The number of amides is 1. The Bertz CT molecular complexity index is 776. The van der Waals surface area contributed by atoms with E-state index in [0.717, 1.165) is 30.5 Å². The Morgan fingerprint density at radius 3 is 2.75 bits per heavy atom. The molecule has 1 aromatic heterocycles. The minimum Gasteiger partial charge on any atom is -0.444 e. The average molecular weight is 392 g/mol. The SMILES string of the molecule is C[C@H]1CN(c2c([N+](=O)[O-])cnc3c2CCC3)C[C@@H](NC(=O)OC(C)(C)C)[C@@H]1O. The summed E-state index contributed by atoms with van der Waals surface area (Å²) in [6.07, 6.45) is 2.42. The van der Waals surface area contributed by atoms with Crippen LogP contribution in [-0.4, -0.2) is 51.9 Å². The highest BCUT2D eigenvalue weighted by Crippen LogP contribution is 2.39. The van der Waals surface area contributed by atoms with E-state index in [1.165, 1.54) is 6.20 Å². The maximum absolute atomic E-state index is 12.2. The van der Waals surface area contributed by atoms with Gasteiger partial charge in [-0.15, -0.1) is 0 Å². The molecule has 1 aliphatic carbocycles. The second-order valence-electron chi connectivity index (χ2n) is 8.65. The summed E-state index contributed by atoms with van der Waals surface area (Å²) < 4.78 is 5.30. The Kier molecular flexibility index (Phi) is 5.47. The van der Waals surface area contributed by atoms with E-state index in [-0.39, 0.29) is 18.2 Å². The molecule has 1 aliphatic heterocycles. The van der Waals surface area contributed by atoms with Crippen molar-refractivity contribution in [2.75, 3.05) is 18.0 Å². The Labute approximate surface area is 164 Å². The summed E-state index contributed by atoms with van der Waals surface area (Å²) in [6.45, 7) is 7.90. The fraction of sp³-hybridized carbons (Fsp3) is 0.684. The number of fused-ring (bicyclic) bond motifs is 1. The van der Waals surface area contributed by atoms with E-state index in [4.69, 9.17) is 4.74 Å². The maximum Gasteiger partial charge on any atom is 0.408 e. The molecule has 28 heavy (non-hydrogen) atoms. The summed E-state index contributed by atoms with van der Waals surface area (Å²) in [7, 11) is 0. The van der Waals surface area contributed by atoms with Crippen molar-refractivity contribution in [2.24, 2.45) is 5.92 Å². The minimum atomic E-state index is -0.766. The normalized spacial score (nSPS) is 24.6. The van der Waals surface area contributed by atoms with Crippen LogP contribution in [-0.2, 0) is 17.6 Å². The summed E-state index contributed by atoms with van der Waals surface area (Å²) in [5.41, 5.74) is 1.70. The first-order valence-corrected chi connectivity index (χ1v) is 9.64. The van der Waals surface area contributed by atoms with Crippen LogP contribution in [0.3, 0.4) is 0 Å². The number of hydrogen-bond acceptors (Lipinski definition) is 7. The number of pyridine rings is 1. The van der Waals surface area contributed by atoms with Gasteiger partial charge < -0.3 is 20.1 Å². The Morgan fingerprint density at radius 1 is 1.39 bits per heavy atom. The summed E-state index contributed by atoms with van der Waals surface area (Å²) in [5.74, 6) is -0.182. The molecule has 2 N–H and O–H groups in total. The quantitative estimate of drug-likeness (QED) is 0.598. The van der Waals surface area contributed by atoms with Crippen LogP contribution in [0.15, 0.2) is 6.20 Å². The number of carbonyl (C=O) groups excluding carboxylic acids is 1. The Morgan fingerprint density at radius 2 is 2.11 bits per heavy atom. The van der Waals surface area contributed by atoms with Crippen LogP contribution in [0.2, 0.25) is 0 Å². The van der Waals surface area contributed by atoms with Gasteiger partial charge in [0.2, 0.25) is 0 Å². The van der Waals surface area contributed by atoms with Gasteiger partial charge >= 0.3 is 11.8 Å².